The molecule has 1 aliphatic carbocycles. The number of hydrogen-bond donors (Lipinski definition) is 1. The molecule has 0 bridgehead atoms. The number of para-hydroxylation sites is 1. The molecule has 3 heteroatoms. The van der Waals surface area contributed by atoms with Crippen molar-refractivity contribution in [1.82, 2.24) is 5.32 Å². The van der Waals surface area contributed by atoms with Crippen molar-refractivity contribution in [1.29, 1.82) is 0 Å². The Kier molecular flexibility index (Phi) is 6.89. The lowest BCUT2D eigenvalue weighted by Gasteiger charge is -2.12. The van der Waals surface area contributed by atoms with Crippen molar-refractivity contribution in [2.45, 2.75) is 39.2 Å². The average molecular weight is 277 g/mol. The highest BCUT2D eigenvalue weighted by Gasteiger charge is 2.20. The zero-order chi connectivity index (χ0) is 14.0. The van der Waals surface area contributed by atoms with E-state index in [1.54, 1.807) is 0 Å². The molecule has 1 saturated carbocycles. The molecule has 20 heavy (non-hydrogen) atoms. The van der Waals surface area contributed by atoms with Crippen LogP contribution >= 0.6 is 0 Å². The summed E-state index contributed by atoms with van der Waals surface area (Å²) in [5.41, 5.74) is 1.22. The second-order valence-corrected chi connectivity index (χ2v) is 5.48. The van der Waals surface area contributed by atoms with Crippen LogP contribution in [0.1, 0.15) is 38.2 Å². The normalized spacial score (nSPS) is 14.4. The summed E-state index contributed by atoms with van der Waals surface area (Å²) >= 11 is 0. The van der Waals surface area contributed by atoms with Crippen LogP contribution in [0.15, 0.2) is 24.3 Å². The maximum atomic E-state index is 5.83. The molecule has 1 aromatic rings. The van der Waals surface area contributed by atoms with E-state index in [0.29, 0.717) is 13.2 Å². The molecule has 0 radical (unpaired) electrons. The van der Waals surface area contributed by atoms with Crippen LogP contribution in [0.3, 0.4) is 0 Å². The summed E-state index contributed by atoms with van der Waals surface area (Å²) in [6, 6.07) is 8.23. The highest BCUT2D eigenvalue weighted by Crippen LogP contribution is 2.32. The highest BCUT2D eigenvalue weighted by molar-refractivity contribution is 5.33. The first kappa shape index (κ1) is 15.3. The van der Waals surface area contributed by atoms with Crippen molar-refractivity contribution < 1.29 is 9.47 Å². The standard InChI is InChI=1S/C17H27NO2/c1-2-10-18-14-16-5-3-4-6-17(16)20-13-12-19-11-9-15-7-8-15/h3-6,15,18H,2,7-14H2,1H3. The summed E-state index contributed by atoms with van der Waals surface area (Å²) < 4.78 is 11.4. The quantitative estimate of drug-likeness (QED) is 0.629. The third-order valence-corrected chi connectivity index (χ3v) is 3.57. The molecule has 1 N–H and O–H groups in total. The lowest BCUT2D eigenvalue weighted by molar-refractivity contribution is 0.0955. The summed E-state index contributed by atoms with van der Waals surface area (Å²) in [4.78, 5) is 0. The predicted octanol–water partition coefficient (Wildman–Crippen LogP) is 3.38. The second kappa shape index (κ2) is 8.98. The van der Waals surface area contributed by atoms with Gasteiger partial charge >= 0.3 is 0 Å². The first-order valence-electron chi connectivity index (χ1n) is 7.89. The van der Waals surface area contributed by atoms with E-state index in [9.17, 15) is 0 Å². The average Bonchev–Trinajstić information content (AvgIpc) is 3.28. The summed E-state index contributed by atoms with van der Waals surface area (Å²) in [5, 5.41) is 3.41. The van der Waals surface area contributed by atoms with Gasteiger partial charge in [0.15, 0.2) is 0 Å². The Balaban J connectivity index is 1.62. The van der Waals surface area contributed by atoms with Crippen LogP contribution in [0.4, 0.5) is 0 Å². The molecule has 0 unspecified atom stereocenters. The monoisotopic (exact) mass is 277 g/mol. The van der Waals surface area contributed by atoms with Crippen LogP contribution in [-0.2, 0) is 11.3 Å². The fraction of sp³-hybridized carbons (Fsp3) is 0.647. The van der Waals surface area contributed by atoms with E-state index in [1.807, 2.05) is 12.1 Å². The predicted molar refractivity (Wildman–Crippen MR) is 82.1 cm³/mol. The Morgan fingerprint density at radius 2 is 2.00 bits per heavy atom. The van der Waals surface area contributed by atoms with Crippen molar-refractivity contribution in [3.8, 4) is 5.75 Å². The Morgan fingerprint density at radius 3 is 2.80 bits per heavy atom. The Hall–Kier alpha value is -1.06. The molecule has 1 fully saturated rings. The van der Waals surface area contributed by atoms with Gasteiger partial charge < -0.3 is 14.8 Å². The van der Waals surface area contributed by atoms with Gasteiger partial charge in [-0.25, -0.2) is 0 Å². The molecule has 1 aliphatic rings. The molecule has 0 aromatic heterocycles. The van der Waals surface area contributed by atoms with E-state index in [4.69, 9.17) is 9.47 Å². The molecule has 0 atom stereocenters. The van der Waals surface area contributed by atoms with E-state index in [2.05, 4.69) is 24.4 Å². The minimum atomic E-state index is 0.634. The van der Waals surface area contributed by atoms with Gasteiger partial charge in [0.1, 0.15) is 12.4 Å². The first-order valence-corrected chi connectivity index (χ1v) is 7.89. The lowest BCUT2D eigenvalue weighted by atomic mass is 10.2. The molecule has 0 amide bonds. The Bertz CT molecular complexity index is 377. The fourth-order valence-electron chi connectivity index (χ4n) is 2.16. The van der Waals surface area contributed by atoms with Crippen molar-refractivity contribution in [3.63, 3.8) is 0 Å². The molecule has 2 rings (SSSR count). The van der Waals surface area contributed by atoms with E-state index in [1.165, 1.54) is 24.8 Å². The lowest BCUT2D eigenvalue weighted by Crippen LogP contribution is -2.15. The van der Waals surface area contributed by atoms with Gasteiger partial charge in [-0.2, -0.15) is 0 Å². The molecule has 0 aliphatic heterocycles. The fourth-order valence-corrected chi connectivity index (χ4v) is 2.16. The van der Waals surface area contributed by atoms with Gasteiger partial charge in [0, 0.05) is 18.7 Å². The third kappa shape index (κ3) is 5.93. The van der Waals surface area contributed by atoms with Crippen LogP contribution in [0, 0.1) is 5.92 Å². The number of hydrogen-bond acceptors (Lipinski definition) is 3. The van der Waals surface area contributed by atoms with Gasteiger partial charge in [-0.05, 0) is 31.4 Å². The minimum Gasteiger partial charge on any atom is -0.491 e. The molecule has 3 nitrogen and oxygen atoms in total. The Labute approximate surface area is 122 Å². The van der Waals surface area contributed by atoms with E-state index in [0.717, 1.165) is 37.8 Å². The topological polar surface area (TPSA) is 30.5 Å². The summed E-state index contributed by atoms with van der Waals surface area (Å²) in [5.74, 6) is 1.92. The van der Waals surface area contributed by atoms with Crippen LogP contribution in [0.5, 0.6) is 5.75 Å². The van der Waals surface area contributed by atoms with Crippen LogP contribution in [0.2, 0.25) is 0 Å². The maximum Gasteiger partial charge on any atom is 0.123 e. The largest absolute Gasteiger partial charge is 0.491 e. The van der Waals surface area contributed by atoms with Gasteiger partial charge in [-0.1, -0.05) is 38.0 Å². The van der Waals surface area contributed by atoms with Gasteiger partial charge in [0.05, 0.1) is 6.61 Å². The molecule has 112 valence electrons. The SMILES string of the molecule is CCCNCc1ccccc1OCCOCCC1CC1. The summed E-state index contributed by atoms with van der Waals surface area (Å²) in [6.45, 7) is 6.28. The number of benzene rings is 1. The van der Waals surface area contributed by atoms with E-state index >= 15 is 0 Å². The highest BCUT2D eigenvalue weighted by atomic mass is 16.5. The van der Waals surface area contributed by atoms with Crippen LogP contribution < -0.4 is 10.1 Å². The number of ether oxygens (including phenoxy) is 2. The van der Waals surface area contributed by atoms with Gasteiger partial charge in [0.2, 0.25) is 0 Å². The number of rotatable bonds is 11. The van der Waals surface area contributed by atoms with E-state index < -0.39 is 0 Å². The smallest absolute Gasteiger partial charge is 0.123 e. The zero-order valence-corrected chi connectivity index (χ0v) is 12.6. The first-order chi connectivity index (χ1) is 9.90. The maximum absolute atomic E-state index is 5.83. The van der Waals surface area contributed by atoms with Crippen molar-refractivity contribution in [2.24, 2.45) is 5.92 Å². The molecule has 1 aromatic carbocycles. The van der Waals surface area contributed by atoms with Crippen molar-refractivity contribution in [3.05, 3.63) is 29.8 Å². The van der Waals surface area contributed by atoms with Crippen molar-refractivity contribution in [2.75, 3.05) is 26.4 Å². The third-order valence-electron chi connectivity index (χ3n) is 3.57. The molecule has 0 saturated heterocycles. The summed E-state index contributed by atoms with van der Waals surface area (Å²) in [6.07, 6.45) is 5.17. The van der Waals surface area contributed by atoms with Crippen molar-refractivity contribution >= 4 is 0 Å². The van der Waals surface area contributed by atoms with Crippen LogP contribution in [-0.4, -0.2) is 26.4 Å². The molecular weight excluding hydrogens is 250 g/mol. The molecular formula is C17H27NO2. The molecule has 0 spiro atoms. The number of nitrogens with one attached hydrogen (secondary N) is 1. The Morgan fingerprint density at radius 1 is 1.15 bits per heavy atom. The van der Waals surface area contributed by atoms with Gasteiger partial charge in [0.25, 0.3) is 0 Å². The van der Waals surface area contributed by atoms with E-state index in [-0.39, 0.29) is 0 Å². The van der Waals surface area contributed by atoms with Gasteiger partial charge in [-0.3, -0.25) is 0 Å². The van der Waals surface area contributed by atoms with Crippen LogP contribution in [0.25, 0.3) is 0 Å². The summed E-state index contributed by atoms with van der Waals surface area (Å²) in [7, 11) is 0. The molecule has 0 heterocycles. The van der Waals surface area contributed by atoms with Gasteiger partial charge in [-0.15, -0.1) is 0 Å². The second-order valence-electron chi connectivity index (χ2n) is 5.48. The minimum absolute atomic E-state index is 0.634. The zero-order valence-electron chi connectivity index (χ0n) is 12.6.